The number of nitrogens with zero attached hydrogens (tertiary/aromatic N) is 2. The molecule has 6 nitrogen and oxygen atoms in total. The molecule has 2 aliphatic rings. The van der Waals surface area contributed by atoms with Crippen LogP contribution in [-0.2, 0) is 11.2 Å². The molecule has 3 heterocycles. The van der Waals surface area contributed by atoms with Crippen molar-refractivity contribution in [2.45, 2.75) is 26.3 Å². The van der Waals surface area contributed by atoms with Gasteiger partial charge in [-0.05, 0) is 47.2 Å². The number of nitrogens with one attached hydrogen (secondary N) is 1. The zero-order valence-electron chi connectivity index (χ0n) is 15.7. The number of ether oxygens (including phenoxy) is 1. The summed E-state index contributed by atoms with van der Waals surface area (Å²) in [6.07, 6.45) is 4.65. The molecule has 0 radical (unpaired) electrons. The van der Waals surface area contributed by atoms with Crippen molar-refractivity contribution in [3.8, 4) is 0 Å². The highest BCUT2D eigenvalue weighted by molar-refractivity contribution is 5.88. The highest BCUT2D eigenvalue weighted by Gasteiger charge is 2.36. The standard InChI is InChI=1S/C21H25N3O3/c1-21(2)11-15-9-14(20(25)26)3-4-18(15)23-19(21)16-10-17(13-22-12-16)24-5-7-27-8-6-24/h3-4,9-10,12-13,19,23H,5-8,11H2,1-2H3,(H,25,26). The van der Waals surface area contributed by atoms with Gasteiger partial charge in [-0.25, -0.2) is 4.79 Å². The lowest BCUT2D eigenvalue weighted by Gasteiger charge is -2.41. The van der Waals surface area contributed by atoms with E-state index < -0.39 is 5.97 Å². The van der Waals surface area contributed by atoms with E-state index in [4.69, 9.17) is 4.74 Å². The number of carbonyl (C=O) groups is 1. The number of carboxylic acid groups (broad SMARTS) is 1. The molecule has 142 valence electrons. The van der Waals surface area contributed by atoms with Crippen LogP contribution < -0.4 is 10.2 Å². The second-order valence-electron chi connectivity index (χ2n) is 8.00. The Labute approximate surface area is 159 Å². The number of hydrogen-bond donors (Lipinski definition) is 2. The second kappa shape index (κ2) is 6.85. The molecular formula is C21H25N3O3. The minimum Gasteiger partial charge on any atom is -0.478 e. The molecule has 1 unspecified atom stereocenters. The molecule has 1 aromatic carbocycles. The van der Waals surface area contributed by atoms with Gasteiger partial charge in [-0.2, -0.15) is 0 Å². The Morgan fingerprint density at radius 3 is 2.78 bits per heavy atom. The van der Waals surface area contributed by atoms with Gasteiger partial charge in [-0.3, -0.25) is 4.98 Å². The van der Waals surface area contributed by atoms with Gasteiger partial charge in [0.05, 0.1) is 36.7 Å². The highest BCUT2D eigenvalue weighted by atomic mass is 16.5. The van der Waals surface area contributed by atoms with Gasteiger partial charge in [-0.1, -0.05) is 13.8 Å². The van der Waals surface area contributed by atoms with Crippen LogP contribution >= 0.6 is 0 Å². The van der Waals surface area contributed by atoms with E-state index in [1.807, 2.05) is 18.5 Å². The first-order chi connectivity index (χ1) is 12.9. The van der Waals surface area contributed by atoms with E-state index in [0.29, 0.717) is 5.56 Å². The average molecular weight is 367 g/mol. The molecule has 27 heavy (non-hydrogen) atoms. The van der Waals surface area contributed by atoms with Crippen LogP contribution in [0.4, 0.5) is 11.4 Å². The SMILES string of the molecule is CC1(C)Cc2cc(C(=O)O)ccc2NC1c1cncc(N2CCOCC2)c1. The van der Waals surface area contributed by atoms with Gasteiger partial charge in [-0.15, -0.1) is 0 Å². The average Bonchev–Trinajstić information content (AvgIpc) is 2.67. The summed E-state index contributed by atoms with van der Waals surface area (Å²) < 4.78 is 5.45. The van der Waals surface area contributed by atoms with E-state index >= 15 is 0 Å². The van der Waals surface area contributed by atoms with Crippen LogP contribution in [0.25, 0.3) is 0 Å². The number of aromatic nitrogens is 1. The van der Waals surface area contributed by atoms with Crippen LogP contribution in [0.5, 0.6) is 0 Å². The summed E-state index contributed by atoms with van der Waals surface area (Å²) in [7, 11) is 0. The summed E-state index contributed by atoms with van der Waals surface area (Å²) in [4.78, 5) is 18.1. The van der Waals surface area contributed by atoms with Crippen molar-refractivity contribution >= 4 is 17.3 Å². The van der Waals surface area contributed by atoms with Crippen LogP contribution in [0.2, 0.25) is 0 Å². The predicted octanol–water partition coefficient (Wildman–Crippen LogP) is 3.35. The molecule has 1 saturated heterocycles. The number of morpholine rings is 1. The number of fused-ring (bicyclic) bond motifs is 1. The first-order valence-electron chi connectivity index (χ1n) is 9.34. The third-order valence-electron chi connectivity index (χ3n) is 5.53. The normalized spacial score (nSPS) is 21.3. The minimum absolute atomic E-state index is 0.0740. The minimum atomic E-state index is -0.889. The number of aromatic carboxylic acids is 1. The molecule has 1 atom stereocenters. The lowest BCUT2D eigenvalue weighted by molar-refractivity contribution is 0.0696. The van der Waals surface area contributed by atoms with Crippen LogP contribution in [0, 0.1) is 5.41 Å². The van der Waals surface area contributed by atoms with E-state index in [1.165, 1.54) is 0 Å². The van der Waals surface area contributed by atoms with E-state index in [1.54, 1.807) is 12.1 Å². The summed E-state index contributed by atoms with van der Waals surface area (Å²) >= 11 is 0. The Balaban J connectivity index is 1.65. The van der Waals surface area contributed by atoms with Crippen molar-refractivity contribution in [2.75, 3.05) is 36.5 Å². The first-order valence-corrected chi connectivity index (χ1v) is 9.34. The summed E-state index contributed by atoms with van der Waals surface area (Å²) in [6, 6.07) is 7.64. The molecule has 2 N–H and O–H groups in total. The van der Waals surface area contributed by atoms with Gasteiger partial charge in [0.15, 0.2) is 0 Å². The maximum Gasteiger partial charge on any atom is 0.335 e. The summed E-state index contributed by atoms with van der Waals surface area (Å²) in [5.74, 6) is -0.889. The maximum absolute atomic E-state index is 11.3. The zero-order valence-corrected chi connectivity index (χ0v) is 15.7. The van der Waals surface area contributed by atoms with Gasteiger partial charge in [0.1, 0.15) is 0 Å². The molecule has 2 aliphatic heterocycles. The third-order valence-corrected chi connectivity index (χ3v) is 5.53. The molecule has 0 bridgehead atoms. The Morgan fingerprint density at radius 2 is 2.04 bits per heavy atom. The zero-order chi connectivity index (χ0) is 19.0. The smallest absolute Gasteiger partial charge is 0.335 e. The Hall–Kier alpha value is -2.60. The van der Waals surface area contributed by atoms with Crippen molar-refractivity contribution in [1.82, 2.24) is 4.98 Å². The Bertz CT molecular complexity index is 860. The van der Waals surface area contributed by atoms with Crippen molar-refractivity contribution in [2.24, 2.45) is 5.41 Å². The third kappa shape index (κ3) is 3.49. The number of hydrogen-bond acceptors (Lipinski definition) is 5. The largest absolute Gasteiger partial charge is 0.478 e. The van der Waals surface area contributed by atoms with Gasteiger partial charge in [0.2, 0.25) is 0 Å². The topological polar surface area (TPSA) is 74.7 Å². The monoisotopic (exact) mass is 367 g/mol. The summed E-state index contributed by atoms with van der Waals surface area (Å²) in [5, 5.41) is 12.9. The van der Waals surface area contributed by atoms with E-state index in [-0.39, 0.29) is 11.5 Å². The van der Waals surface area contributed by atoms with E-state index in [0.717, 1.165) is 55.2 Å². The molecular weight excluding hydrogens is 342 g/mol. The fourth-order valence-corrected chi connectivity index (χ4v) is 4.09. The van der Waals surface area contributed by atoms with Crippen molar-refractivity contribution in [3.05, 3.63) is 53.3 Å². The predicted molar refractivity (Wildman–Crippen MR) is 105 cm³/mol. The second-order valence-corrected chi connectivity index (χ2v) is 8.00. The molecule has 0 saturated carbocycles. The molecule has 6 heteroatoms. The lowest BCUT2D eigenvalue weighted by Crippen LogP contribution is -2.37. The Kier molecular flexibility index (Phi) is 4.52. The number of benzene rings is 1. The molecule has 0 aliphatic carbocycles. The fraction of sp³-hybridized carbons (Fsp3) is 0.429. The van der Waals surface area contributed by atoms with Gasteiger partial charge < -0.3 is 20.1 Å². The molecule has 1 fully saturated rings. The van der Waals surface area contributed by atoms with Gasteiger partial charge in [0, 0.05) is 25.0 Å². The lowest BCUT2D eigenvalue weighted by atomic mass is 9.73. The Morgan fingerprint density at radius 1 is 1.26 bits per heavy atom. The number of carboxylic acids is 1. The molecule has 1 aromatic heterocycles. The molecule has 4 rings (SSSR count). The van der Waals surface area contributed by atoms with E-state index in [2.05, 4.69) is 35.1 Å². The maximum atomic E-state index is 11.3. The van der Waals surface area contributed by atoms with Gasteiger partial charge in [0.25, 0.3) is 0 Å². The molecule has 2 aromatic rings. The van der Waals surface area contributed by atoms with Crippen LogP contribution in [0.1, 0.15) is 41.4 Å². The van der Waals surface area contributed by atoms with Crippen molar-refractivity contribution in [1.29, 1.82) is 0 Å². The van der Waals surface area contributed by atoms with Crippen molar-refractivity contribution < 1.29 is 14.6 Å². The van der Waals surface area contributed by atoms with Crippen molar-refractivity contribution in [3.63, 3.8) is 0 Å². The van der Waals surface area contributed by atoms with Crippen LogP contribution in [-0.4, -0.2) is 42.4 Å². The number of rotatable bonds is 3. The molecule has 0 spiro atoms. The quantitative estimate of drug-likeness (QED) is 0.867. The van der Waals surface area contributed by atoms with Crippen LogP contribution in [0.3, 0.4) is 0 Å². The first kappa shape index (κ1) is 17.8. The molecule has 0 amide bonds. The van der Waals surface area contributed by atoms with Gasteiger partial charge >= 0.3 is 5.97 Å². The van der Waals surface area contributed by atoms with E-state index in [9.17, 15) is 9.90 Å². The highest BCUT2D eigenvalue weighted by Crippen LogP contribution is 2.45. The summed E-state index contributed by atoms with van der Waals surface area (Å²) in [6.45, 7) is 7.68. The number of anilines is 2. The fourth-order valence-electron chi connectivity index (χ4n) is 4.09. The summed E-state index contributed by atoms with van der Waals surface area (Å²) in [5.41, 5.74) is 4.59. The van der Waals surface area contributed by atoms with Crippen LogP contribution in [0.15, 0.2) is 36.7 Å². The number of pyridine rings is 1.